The molecule has 0 aromatic carbocycles. The van der Waals surface area contributed by atoms with E-state index in [4.69, 9.17) is 9.47 Å². The van der Waals surface area contributed by atoms with E-state index in [0.29, 0.717) is 25.0 Å². The molecular weight excluding hydrogens is 376 g/mol. The Kier molecular flexibility index (Phi) is 14.9. The summed E-state index contributed by atoms with van der Waals surface area (Å²) in [5.74, 6) is 0.765. The molecule has 4 nitrogen and oxygen atoms in total. The van der Waals surface area contributed by atoms with Gasteiger partial charge in [0.15, 0.2) is 0 Å². The van der Waals surface area contributed by atoms with Crippen molar-refractivity contribution in [3.63, 3.8) is 0 Å². The van der Waals surface area contributed by atoms with Crippen LogP contribution in [0.5, 0.6) is 0 Å². The van der Waals surface area contributed by atoms with Crippen molar-refractivity contribution in [2.24, 2.45) is 23.7 Å². The number of ether oxygens (including phenoxy) is 2. The van der Waals surface area contributed by atoms with E-state index < -0.39 is 0 Å². The lowest BCUT2D eigenvalue weighted by Crippen LogP contribution is -2.29. The van der Waals surface area contributed by atoms with Gasteiger partial charge in [0, 0.05) is 0 Å². The number of carbonyl (C=O) groups excluding carboxylic acids is 2. The maximum atomic E-state index is 12.5. The zero-order chi connectivity index (χ0) is 22.2. The standard InChI is InChI=1S/C26H48O4/c1-5-9-11-13-21(7-3)19-29-25(27)23-15-17-24(18-16-23)26(28)30-20-22(8-4)14-12-10-6-2/h21-24H,5-20H2,1-4H3. The molecule has 1 aliphatic carbocycles. The van der Waals surface area contributed by atoms with Crippen LogP contribution in [0.1, 0.15) is 118 Å². The second kappa shape index (κ2) is 16.6. The zero-order valence-electron chi connectivity index (χ0n) is 20.3. The maximum absolute atomic E-state index is 12.5. The fourth-order valence-electron chi connectivity index (χ4n) is 4.38. The smallest absolute Gasteiger partial charge is 0.308 e. The number of carbonyl (C=O) groups is 2. The first-order chi connectivity index (χ1) is 14.5. The Hall–Kier alpha value is -1.06. The average Bonchev–Trinajstić information content (AvgIpc) is 2.78. The van der Waals surface area contributed by atoms with Gasteiger partial charge in [-0.1, -0.05) is 79.1 Å². The number of esters is 2. The molecule has 1 rings (SSSR count). The van der Waals surface area contributed by atoms with E-state index in [9.17, 15) is 9.59 Å². The van der Waals surface area contributed by atoms with Crippen LogP contribution in [-0.2, 0) is 19.1 Å². The van der Waals surface area contributed by atoms with Gasteiger partial charge in [-0.25, -0.2) is 0 Å². The second-order valence-electron chi connectivity index (χ2n) is 9.35. The highest BCUT2D eigenvalue weighted by Gasteiger charge is 2.32. The molecule has 0 bridgehead atoms. The molecule has 0 amide bonds. The lowest BCUT2D eigenvalue weighted by Gasteiger charge is -2.27. The summed E-state index contributed by atoms with van der Waals surface area (Å²) >= 11 is 0. The van der Waals surface area contributed by atoms with Crippen LogP contribution in [0.25, 0.3) is 0 Å². The van der Waals surface area contributed by atoms with Gasteiger partial charge in [0.25, 0.3) is 0 Å². The van der Waals surface area contributed by atoms with Crippen LogP contribution in [0.15, 0.2) is 0 Å². The first kappa shape index (κ1) is 27.0. The Morgan fingerprint density at radius 2 is 1.03 bits per heavy atom. The minimum Gasteiger partial charge on any atom is -0.465 e. The third-order valence-corrected chi connectivity index (χ3v) is 6.90. The molecule has 4 heteroatoms. The van der Waals surface area contributed by atoms with Gasteiger partial charge in [-0.2, -0.15) is 0 Å². The molecule has 0 N–H and O–H groups in total. The van der Waals surface area contributed by atoms with E-state index in [1.807, 2.05) is 0 Å². The molecule has 176 valence electrons. The Balaban J connectivity index is 2.27. The van der Waals surface area contributed by atoms with Crippen molar-refractivity contribution >= 4 is 11.9 Å². The van der Waals surface area contributed by atoms with E-state index >= 15 is 0 Å². The van der Waals surface area contributed by atoms with Gasteiger partial charge in [0.05, 0.1) is 25.0 Å². The summed E-state index contributed by atoms with van der Waals surface area (Å²) in [6.07, 6.45) is 14.8. The van der Waals surface area contributed by atoms with Crippen LogP contribution in [0.2, 0.25) is 0 Å². The molecule has 1 aliphatic rings. The highest BCUT2D eigenvalue weighted by atomic mass is 16.5. The third kappa shape index (κ3) is 10.8. The van der Waals surface area contributed by atoms with Gasteiger partial charge in [-0.3, -0.25) is 9.59 Å². The first-order valence-corrected chi connectivity index (χ1v) is 12.9. The minimum absolute atomic E-state index is 0.0420. The van der Waals surface area contributed by atoms with Crippen molar-refractivity contribution in [2.45, 2.75) is 118 Å². The van der Waals surface area contributed by atoms with Crippen LogP contribution in [0.3, 0.4) is 0 Å². The fraction of sp³-hybridized carbons (Fsp3) is 0.923. The molecule has 30 heavy (non-hydrogen) atoms. The van der Waals surface area contributed by atoms with Crippen LogP contribution < -0.4 is 0 Å². The zero-order valence-corrected chi connectivity index (χ0v) is 20.3. The summed E-state index contributed by atoms with van der Waals surface area (Å²) in [6.45, 7) is 9.88. The van der Waals surface area contributed by atoms with Crippen molar-refractivity contribution in [2.75, 3.05) is 13.2 Å². The van der Waals surface area contributed by atoms with E-state index in [0.717, 1.165) is 51.4 Å². The highest BCUT2D eigenvalue weighted by Crippen LogP contribution is 2.31. The Labute approximate surface area is 185 Å². The lowest BCUT2D eigenvalue weighted by atomic mass is 9.82. The van der Waals surface area contributed by atoms with Crippen molar-refractivity contribution < 1.29 is 19.1 Å². The summed E-state index contributed by atoms with van der Waals surface area (Å²) < 4.78 is 11.3. The molecule has 1 fully saturated rings. The molecule has 2 atom stereocenters. The summed E-state index contributed by atoms with van der Waals surface area (Å²) in [7, 11) is 0. The Morgan fingerprint density at radius 1 is 0.667 bits per heavy atom. The Bertz CT molecular complexity index is 412. The SMILES string of the molecule is CCCCCC(CC)COC(=O)C1CCC(C(=O)OCC(CC)CCCCC)CC1. The lowest BCUT2D eigenvalue weighted by molar-refractivity contribution is -0.156. The Morgan fingerprint density at radius 3 is 1.33 bits per heavy atom. The van der Waals surface area contributed by atoms with Crippen molar-refractivity contribution in [3.05, 3.63) is 0 Å². The number of hydrogen-bond donors (Lipinski definition) is 0. The van der Waals surface area contributed by atoms with Crippen LogP contribution in [0.4, 0.5) is 0 Å². The van der Waals surface area contributed by atoms with Crippen LogP contribution in [-0.4, -0.2) is 25.2 Å². The van der Waals surface area contributed by atoms with E-state index in [-0.39, 0.29) is 23.8 Å². The normalized spacial score (nSPS) is 21.1. The van der Waals surface area contributed by atoms with Gasteiger partial charge >= 0.3 is 11.9 Å². The quantitative estimate of drug-likeness (QED) is 0.196. The van der Waals surface area contributed by atoms with Gasteiger partial charge in [0.2, 0.25) is 0 Å². The van der Waals surface area contributed by atoms with Crippen molar-refractivity contribution in [1.29, 1.82) is 0 Å². The minimum atomic E-state index is -0.0577. The predicted octanol–water partition coefficient (Wildman–Crippen LogP) is 7.09. The highest BCUT2D eigenvalue weighted by molar-refractivity contribution is 5.75. The second-order valence-corrected chi connectivity index (χ2v) is 9.35. The van der Waals surface area contributed by atoms with Crippen molar-refractivity contribution in [1.82, 2.24) is 0 Å². The summed E-state index contributed by atoms with van der Waals surface area (Å²) in [4.78, 5) is 24.9. The van der Waals surface area contributed by atoms with Gasteiger partial charge in [-0.05, 0) is 50.4 Å². The van der Waals surface area contributed by atoms with Crippen molar-refractivity contribution in [3.8, 4) is 0 Å². The third-order valence-electron chi connectivity index (χ3n) is 6.90. The number of unbranched alkanes of at least 4 members (excludes halogenated alkanes) is 4. The predicted molar refractivity (Wildman–Crippen MR) is 123 cm³/mol. The summed E-state index contributed by atoms with van der Waals surface area (Å²) in [5.41, 5.74) is 0. The molecule has 0 aromatic heterocycles. The molecule has 2 unspecified atom stereocenters. The largest absolute Gasteiger partial charge is 0.465 e. The molecule has 0 radical (unpaired) electrons. The maximum Gasteiger partial charge on any atom is 0.308 e. The molecule has 0 aliphatic heterocycles. The fourth-order valence-corrected chi connectivity index (χ4v) is 4.38. The molecule has 0 aromatic rings. The topological polar surface area (TPSA) is 52.6 Å². The van der Waals surface area contributed by atoms with E-state index in [2.05, 4.69) is 27.7 Å². The van der Waals surface area contributed by atoms with Gasteiger partial charge in [0.1, 0.15) is 0 Å². The molecule has 0 saturated heterocycles. The molecule has 1 saturated carbocycles. The van der Waals surface area contributed by atoms with E-state index in [1.165, 1.54) is 38.5 Å². The average molecular weight is 425 g/mol. The van der Waals surface area contributed by atoms with E-state index in [1.54, 1.807) is 0 Å². The molecule has 0 heterocycles. The number of hydrogen-bond acceptors (Lipinski definition) is 4. The van der Waals surface area contributed by atoms with Crippen LogP contribution in [0, 0.1) is 23.7 Å². The summed E-state index contributed by atoms with van der Waals surface area (Å²) in [5, 5.41) is 0. The van der Waals surface area contributed by atoms with Crippen LogP contribution >= 0.6 is 0 Å². The first-order valence-electron chi connectivity index (χ1n) is 12.9. The van der Waals surface area contributed by atoms with Gasteiger partial charge < -0.3 is 9.47 Å². The molecule has 0 spiro atoms. The van der Waals surface area contributed by atoms with Gasteiger partial charge in [-0.15, -0.1) is 0 Å². The summed E-state index contributed by atoms with van der Waals surface area (Å²) in [6, 6.07) is 0. The monoisotopic (exact) mass is 424 g/mol. The number of rotatable bonds is 16. The molecular formula is C26H48O4.